The maximum absolute atomic E-state index is 5.48. The van der Waals surface area contributed by atoms with Crippen molar-refractivity contribution in [3.8, 4) is 11.5 Å². The molecule has 1 aliphatic heterocycles. The second kappa shape index (κ2) is 6.66. The van der Waals surface area contributed by atoms with Gasteiger partial charge in [0, 0.05) is 25.2 Å². The minimum Gasteiger partial charge on any atom is -0.497 e. The van der Waals surface area contributed by atoms with Gasteiger partial charge in [0.15, 0.2) is 0 Å². The highest BCUT2D eigenvalue weighted by Crippen LogP contribution is 2.33. The van der Waals surface area contributed by atoms with Gasteiger partial charge in [0.1, 0.15) is 11.5 Å². The SMILES string of the molecule is CCNC1CCN(c2ccc(OC)cc2OC)CC1. The average molecular weight is 264 g/mol. The van der Waals surface area contributed by atoms with Crippen molar-refractivity contribution < 1.29 is 9.47 Å². The van der Waals surface area contributed by atoms with Crippen LogP contribution >= 0.6 is 0 Å². The van der Waals surface area contributed by atoms with Gasteiger partial charge in [0.2, 0.25) is 0 Å². The highest BCUT2D eigenvalue weighted by Gasteiger charge is 2.20. The first kappa shape index (κ1) is 14.0. The van der Waals surface area contributed by atoms with E-state index in [0.717, 1.165) is 31.1 Å². The van der Waals surface area contributed by atoms with Crippen molar-refractivity contribution in [2.45, 2.75) is 25.8 Å². The summed E-state index contributed by atoms with van der Waals surface area (Å²) in [4.78, 5) is 2.39. The number of benzene rings is 1. The molecule has 0 aliphatic carbocycles. The first-order valence-corrected chi connectivity index (χ1v) is 6.98. The van der Waals surface area contributed by atoms with Crippen LogP contribution < -0.4 is 19.7 Å². The van der Waals surface area contributed by atoms with Crippen LogP contribution in [0.2, 0.25) is 0 Å². The zero-order valence-corrected chi connectivity index (χ0v) is 12.1. The van der Waals surface area contributed by atoms with Gasteiger partial charge < -0.3 is 19.7 Å². The topological polar surface area (TPSA) is 33.7 Å². The molecule has 0 aromatic heterocycles. The average Bonchev–Trinajstić information content (AvgIpc) is 2.48. The molecule has 1 aromatic rings. The summed E-state index contributed by atoms with van der Waals surface area (Å²) in [6.45, 7) is 5.36. The Morgan fingerprint density at radius 1 is 1.21 bits per heavy atom. The van der Waals surface area contributed by atoms with Crippen LogP contribution in [0.3, 0.4) is 0 Å². The first-order chi connectivity index (χ1) is 9.28. The molecule has 0 saturated carbocycles. The minimum absolute atomic E-state index is 0.658. The standard InChI is InChI=1S/C15H24N2O2/c1-4-16-12-7-9-17(10-8-12)14-6-5-13(18-2)11-15(14)19-3/h5-6,11-12,16H,4,7-10H2,1-3H3. The third-order valence-electron chi connectivity index (χ3n) is 3.72. The maximum Gasteiger partial charge on any atom is 0.145 e. The summed E-state index contributed by atoms with van der Waals surface area (Å²) < 4.78 is 10.7. The highest BCUT2D eigenvalue weighted by atomic mass is 16.5. The fourth-order valence-electron chi connectivity index (χ4n) is 2.66. The molecular weight excluding hydrogens is 240 g/mol. The van der Waals surface area contributed by atoms with Crippen molar-refractivity contribution >= 4 is 5.69 Å². The van der Waals surface area contributed by atoms with Gasteiger partial charge in [-0.25, -0.2) is 0 Å². The normalized spacial score (nSPS) is 16.5. The smallest absolute Gasteiger partial charge is 0.145 e. The van der Waals surface area contributed by atoms with Gasteiger partial charge >= 0.3 is 0 Å². The van der Waals surface area contributed by atoms with Crippen LogP contribution in [-0.4, -0.2) is 39.9 Å². The third-order valence-corrected chi connectivity index (χ3v) is 3.72. The van der Waals surface area contributed by atoms with E-state index in [-0.39, 0.29) is 0 Å². The van der Waals surface area contributed by atoms with Gasteiger partial charge in [-0.3, -0.25) is 0 Å². The molecule has 1 fully saturated rings. The monoisotopic (exact) mass is 264 g/mol. The van der Waals surface area contributed by atoms with Crippen LogP contribution in [-0.2, 0) is 0 Å². The lowest BCUT2D eigenvalue weighted by Crippen LogP contribution is -2.42. The van der Waals surface area contributed by atoms with Crippen LogP contribution in [0.15, 0.2) is 18.2 Å². The molecule has 0 spiro atoms. The minimum atomic E-state index is 0.658. The summed E-state index contributed by atoms with van der Waals surface area (Å²) >= 11 is 0. The third kappa shape index (κ3) is 3.32. The van der Waals surface area contributed by atoms with E-state index in [9.17, 15) is 0 Å². The number of rotatable bonds is 5. The zero-order chi connectivity index (χ0) is 13.7. The molecule has 106 valence electrons. The summed E-state index contributed by atoms with van der Waals surface area (Å²) in [5.74, 6) is 1.73. The second-order valence-corrected chi connectivity index (χ2v) is 4.86. The molecule has 4 heteroatoms. The van der Waals surface area contributed by atoms with Crippen LogP contribution in [0, 0.1) is 0 Å². The van der Waals surface area contributed by atoms with E-state index in [0.29, 0.717) is 6.04 Å². The van der Waals surface area contributed by atoms with Crippen molar-refractivity contribution in [1.29, 1.82) is 0 Å². The van der Waals surface area contributed by atoms with Crippen molar-refractivity contribution in [3.05, 3.63) is 18.2 Å². The van der Waals surface area contributed by atoms with E-state index in [4.69, 9.17) is 9.47 Å². The first-order valence-electron chi connectivity index (χ1n) is 6.98. The number of nitrogens with one attached hydrogen (secondary N) is 1. The van der Waals surface area contributed by atoms with Crippen LogP contribution in [0.4, 0.5) is 5.69 Å². The maximum atomic E-state index is 5.48. The molecule has 1 saturated heterocycles. The predicted molar refractivity (Wildman–Crippen MR) is 78.5 cm³/mol. The molecule has 0 unspecified atom stereocenters. The lowest BCUT2D eigenvalue weighted by atomic mass is 10.0. The van der Waals surface area contributed by atoms with E-state index < -0.39 is 0 Å². The van der Waals surface area contributed by atoms with E-state index in [1.165, 1.54) is 18.5 Å². The molecule has 1 N–H and O–H groups in total. The van der Waals surface area contributed by atoms with Gasteiger partial charge in [-0.05, 0) is 31.5 Å². The number of hydrogen-bond acceptors (Lipinski definition) is 4. The number of piperidine rings is 1. The Morgan fingerprint density at radius 3 is 2.53 bits per heavy atom. The van der Waals surface area contributed by atoms with Crippen molar-refractivity contribution in [2.24, 2.45) is 0 Å². The van der Waals surface area contributed by atoms with E-state index in [2.05, 4.69) is 23.2 Å². The van der Waals surface area contributed by atoms with Crippen LogP contribution in [0.1, 0.15) is 19.8 Å². The van der Waals surface area contributed by atoms with Crippen LogP contribution in [0.5, 0.6) is 11.5 Å². The summed E-state index contributed by atoms with van der Waals surface area (Å²) in [5, 5.41) is 3.53. The molecule has 1 heterocycles. The molecule has 0 atom stereocenters. The predicted octanol–water partition coefficient (Wildman–Crippen LogP) is 2.28. The molecule has 0 amide bonds. The summed E-state index contributed by atoms with van der Waals surface area (Å²) in [7, 11) is 3.39. The Bertz CT molecular complexity index is 401. The highest BCUT2D eigenvalue weighted by molar-refractivity contribution is 5.61. The number of anilines is 1. The Labute approximate surface area is 115 Å². The van der Waals surface area contributed by atoms with Crippen molar-refractivity contribution in [3.63, 3.8) is 0 Å². The summed E-state index contributed by atoms with van der Waals surface area (Å²) in [5.41, 5.74) is 1.17. The Kier molecular flexibility index (Phi) is 4.91. The van der Waals surface area contributed by atoms with E-state index >= 15 is 0 Å². The lowest BCUT2D eigenvalue weighted by molar-refractivity contribution is 0.389. The van der Waals surface area contributed by atoms with Gasteiger partial charge in [0.25, 0.3) is 0 Å². The van der Waals surface area contributed by atoms with Gasteiger partial charge in [-0.15, -0.1) is 0 Å². The second-order valence-electron chi connectivity index (χ2n) is 4.86. The molecule has 1 aliphatic rings. The molecular formula is C15H24N2O2. The summed E-state index contributed by atoms with van der Waals surface area (Å²) in [6, 6.07) is 6.69. The summed E-state index contributed by atoms with van der Waals surface area (Å²) in [6.07, 6.45) is 2.37. The molecule has 4 nitrogen and oxygen atoms in total. The van der Waals surface area contributed by atoms with Gasteiger partial charge in [-0.2, -0.15) is 0 Å². The fourth-order valence-corrected chi connectivity index (χ4v) is 2.66. The van der Waals surface area contributed by atoms with Crippen molar-refractivity contribution in [2.75, 3.05) is 38.8 Å². The number of nitrogens with zero attached hydrogens (tertiary/aromatic N) is 1. The quantitative estimate of drug-likeness (QED) is 0.884. The van der Waals surface area contributed by atoms with E-state index in [1.54, 1.807) is 14.2 Å². The molecule has 1 aromatic carbocycles. The molecule has 19 heavy (non-hydrogen) atoms. The van der Waals surface area contributed by atoms with Gasteiger partial charge in [-0.1, -0.05) is 6.92 Å². The molecule has 0 radical (unpaired) electrons. The number of methoxy groups -OCH3 is 2. The van der Waals surface area contributed by atoms with Crippen LogP contribution in [0.25, 0.3) is 0 Å². The Balaban J connectivity index is 2.06. The molecule has 0 bridgehead atoms. The number of hydrogen-bond donors (Lipinski definition) is 1. The Morgan fingerprint density at radius 2 is 1.95 bits per heavy atom. The fraction of sp³-hybridized carbons (Fsp3) is 0.600. The Hall–Kier alpha value is -1.42. The van der Waals surface area contributed by atoms with Gasteiger partial charge in [0.05, 0.1) is 19.9 Å². The van der Waals surface area contributed by atoms with E-state index in [1.807, 2.05) is 12.1 Å². The largest absolute Gasteiger partial charge is 0.497 e. The zero-order valence-electron chi connectivity index (χ0n) is 12.1. The molecule has 2 rings (SSSR count). The van der Waals surface area contributed by atoms with Crippen molar-refractivity contribution in [1.82, 2.24) is 5.32 Å². The lowest BCUT2D eigenvalue weighted by Gasteiger charge is -2.34. The number of ether oxygens (including phenoxy) is 2.